The van der Waals surface area contributed by atoms with Crippen molar-refractivity contribution in [3.63, 3.8) is 0 Å². The Hall–Kier alpha value is -6.70. The Labute approximate surface area is 415 Å². The summed E-state index contributed by atoms with van der Waals surface area (Å²) in [5.74, 6) is 8.76. The van der Waals surface area contributed by atoms with E-state index in [4.69, 9.17) is 19.4 Å². The quantitative estimate of drug-likeness (QED) is 0.107. The average Bonchev–Trinajstić information content (AvgIpc) is 3.94. The molecule has 0 fully saturated rings. The van der Waals surface area contributed by atoms with E-state index in [0.717, 1.165) is 101 Å². The summed E-state index contributed by atoms with van der Waals surface area (Å²) in [5.41, 5.74) is 16.2. The van der Waals surface area contributed by atoms with Gasteiger partial charge >= 0.3 is 126 Å². The van der Waals surface area contributed by atoms with Crippen LogP contribution in [0.1, 0.15) is 25.0 Å². The number of hydrogen-bond donors (Lipinski definition) is 0. The second-order valence-corrected chi connectivity index (χ2v) is 29.2. The van der Waals surface area contributed by atoms with Gasteiger partial charge in [-0.2, -0.15) is 0 Å². The van der Waals surface area contributed by atoms with Crippen molar-refractivity contribution in [2.75, 3.05) is 0 Å². The Morgan fingerprint density at radius 3 is 1.91 bits per heavy atom. The van der Waals surface area contributed by atoms with E-state index in [2.05, 4.69) is 194 Å². The zero-order valence-electron chi connectivity index (χ0n) is 39.2. The molecule has 1 radical (unpaired) electrons. The maximum absolute atomic E-state index is 6.70. The minimum Gasteiger partial charge on any atom is -0.486 e. The molecule has 4 heterocycles. The number of para-hydroxylation sites is 3. The molecule has 0 N–H and O–H groups in total. The van der Waals surface area contributed by atoms with Crippen LogP contribution in [-0.4, -0.2) is 32.8 Å². The third-order valence-corrected chi connectivity index (χ3v) is 16.6. The van der Waals surface area contributed by atoms with Crippen LogP contribution in [0.3, 0.4) is 0 Å². The molecule has 0 unspecified atom stereocenters. The number of nitrogens with zero attached hydrogens (tertiary/aromatic N) is 4. The molecule has 0 amide bonds. The molecule has 0 atom stereocenters. The normalized spacial score (nSPS) is 11.5. The third-order valence-electron chi connectivity index (χ3n) is 12.3. The summed E-state index contributed by atoms with van der Waals surface area (Å²) >= 11 is -1.86. The van der Waals surface area contributed by atoms with Crippen molar-refractivity contribution in [2.24, 2.45) is 5.92 Å². The summed E-state index contributed by atoms with van der Waals surface area (Å²) in [7, 11) is 0. The first-order chi connectivity index (χ1) is 32.6. The van der Waals surface area contributed by atoms with E-state index in [1.54, 1.807) is 4.40 Å². The average molecular weight is 1120 g/mol. The van der Waals surface area contributed by atoms with E-state index < -0.39 is 13.3 Å². The van der Waals surface area contributed by atoms with Crippen LogP contribution in [0.2, 0.25) is 17.3 Å². The molecular weight excluding hydrogens is 1070 g/mol. The van der Waals surface area contributed by atoms with Gasteiger partial charge in [0, 0.05) is 42.2 Å². The molecule has 11 aromatic rings. The predicted molar refractivity (Wildman–Crippen MR) is 281 cm³/mol. The number of rotatable bonds is 9. The topological polar surface area (TPSA) is 56.7 Å². The molecule has 0 spiro atoms. The second kappa shape index (κ2) is 19.9. The molecule has 7 heteroatoms. The summed E-state index contributed by atoms with van der Waals surface area (Å²) in [5, 5.41) is 2.00. The van der Waals surface area contributed by atoms with Gasteiger partial charge in [0.25, 0.3) is 0 Å². The molecule has 7 aromatic carbocycles. The zero-order chi connectivity index (χ0) is 46.1. The first kappa shape index (κ1) is 46.4. The van der Waals surface area contributed by atoms with Crippen LogP contribution in [0.25, 0.3) is 94.9 Å². The fraction of sp³-hybridized carbons (Fsp3) is 0.131. The molecule has 337 valence electrons. The Morgan fingerprint density at radius 2 is 1.28 bits per heavy atom. The van der Waals surface area contributed by atoms with Crippen molar-refractivity contribution in [3.8, 4) is 61.8 Å². The van der Waals surface area contributed by atoms with Crippen molar-refractivity contribution in [2.45, 2.75) is 44.5 Å². The maximum Gasteiger partial charge on any atom is 0.216 e. The fourth-order valence-electron chi connectivity index (χ4n) is 9.19. The monoisotopic (exact) mass is 1120 g/mol. The number of hydrogen-bond acceptors (Lipinski definition) is 4. The summed E-state index contributed by atoms with van der Waals surface area (Å²) < 4.78 is 10.5. The number of imidazole rings is 1. The Bertz CT molecular complexity index is 3450. The van der Waals surface area contributed by atoms with Gasteiger partial charge < -0.3 is 8.98 Å². The predicted octanol–water partition coefficient (Wildman–Crippen LogP) is 15.4. The van der Waals surface area contributed by atoms with E-state index >= 15 is 0 Å². The standard InChI is InChI=1S/C43H28N3O.C18H24GeN.Ir/c1-28-24-25-35(41-39(28)34-26-27-36(45-43(34)47-41)31-18-9-4-10-19-31)42-44-37-22-11-12-23-38(37)46(42)40-32(29-14-5-2-6-15-29)20-13-21-33(40)30-16-7-3-8-17-30;1-14(2)11-16-12-18(15-9-7-6-8-10-15)20-13-17(16)19(3,4)5;/h2-24,26-27H,1H3;6-9,12-14H,11H2,1-5H3;/q2*-1;. The fourth-order valence-corrected chi connectivity index (χ4v) is 12.5. The van der Waals surface area contributed by atoms with E-state index in [-0.39, 0.29) is 20.1 Å². The van der Waals surface area contributed by atoms with Crippen LogP contribution in [0.15, 0.2) is 193 Å². The van der Waals surface area contributed by atoms with Crippen LogP contribution in [0, 0.1) is 25.0 Å². The van der Waals surface area contributed by atoms with Crippen molar-refractivity contribution in [1.29, 1.82) is 0 Å². The molecule has 0 aliphatic heterocycles. The molecule has 11 rings (SSSR count). The second-order valence-electron chi connectivity index (χ2n) is 18.6. The molecule has 0 bridgehead atoms. The van der Waals surface area contributed by atoms with Crippen molar-refractivity contribution in [3.05, 3.63) is 211 Å². The van der Waals surface area contributed by atoms with Gasteiger partial charge in [-0.3, -0.25) is 4.98 Å². The van der Waals surface area contributed by atoms with E-state index in [0.29, 0.717) is 11.6 Å². The van der Waals surface area contributed by atoms with Crippen molar-refractivity contribution in [1.82, 2.24) is 19.5 Å². The largest absolute Gasteiger partial charge is 0.486 e. The Kier molecular flexibility index (Phi) is 13.6. The van der Waals surface area contributed by atoms with Gasteiger partial charge in [-0.25, -0.2) is 4.98 Å². The first-order valence-corrected chi connectivity index (χ1v) is 30.4. The number of aryl methyl sites for hydroxylation is 1. The molecule has 0 aliphatic carbocycles. The van der Waals surface area contributed by atoms with Gasteiger partial charge in [0.05, 0.1) is 33.8 Å². The summed E-state index contributed by atoms with van der Waals surface area (Å²) in [4.78, 5) is 15.0. The molecule has 5 nitrogen and oxygen atoms in total. The Balaban J connectivity index is 0.000000232. The molecule has 4 aromatic heterocycles. The van der Waals surface area contributed by atoms with Crippen LogP contribution < -0.4 is 4.40 Å². The SMILES string of the molecule is CC(C)Cc1cc(-c2[c-]cccc2)nc[c]1[Ge]([CH3])([CH3])[CH3].Cc1c[c-]c(-c2nc3ccccc3n2-c2c(-c3ccccc3)cccc2-c2ccccc2)c2oc3nc(-c4ccccc4)ccc3c12.[Ir]. The van der Waals surface area contributed by atoms with E-state index in [9.17, 15) is 0 Å². The molecule has 68 heavy (non-hydrogen) atoms. The van der Waals surface area contributed by atoms with Gasteiger partial charge in [0.2, 0.25) is 5.71 Å². The molecule has 0 saturated heterocycles. The summed E-state index contributed by atoms with van der Waals surface area (Å²) in [6.07, 6.45) is 3.27. The number of pyridine rings is 2. The minimum absolute atomic E-state index is 0. The molecule has 0 aliphatic rings. The zero-order valence-corrected chi connectivity index (χ0v) is 43.7. The van der Waals surface area contributed by atoms with Crippen LogP contribution >= 0.6 is 0 Å². The van der Waals surface area contributed by atoms with E-state index in [1.165, 1.54) is 5.56 Å². The summed E-state index contributed by atoms with van der Waals surface area (Å²) in [6.45, 7) is 6.67. The first-order valence-electron chi connectivity index (χ1n) is 23.1. The third kappa shape index (κ3) is 9.29. The maximum atomic E-state index is 6.70. The number of benzene rings is 7. The number of aromatic nitrogens is 4. The van der Waals surface area contributed by atoms with Crippen LogP contribution in [-0.2, 0) is 26.5 Å². The minimum atomic E-state index is -1.86. The van der Waals surface area contributed by atoms with E-state index in [1.807, 2.05) is 48.5 Å². The van der Waals surface area contributed by atoms with Gasteiger partial charge in [-0.15, -0.1) is 17.7 Å². The van der Waals surface area contributed by atoms with Gasteiger partial charge in [0.1, 0.15) is 0 Å². The molecular formula is C61H52GeIrN4O-2. The van der Waals surface area contributed by atoms with Crippen molar-refractivity contribution >= 4 is 50.8 Å². The Morgan fingerprint density at radius 1 is 0.647 bits per heavy atom. The van der Waals surface area contributed by atoms with Gasteiger partial charge in [0.15, 0.2) is 0 Å². The number of furan rings is 1. The van der Waals surface area contributed by atoms with Crippen LogP contribution in [0.4, 0.5) is 0 Å². The molecule has 0 saturated carbocycles. The van der Waals surface area contributed by atoms with Crippen LogP contribution in [0.5, 0.6) is 0 Å². The van der Waals surface area contributed by atoms with Gasteiger partial charge in [-0.05, 0) is 35.4 Å². The van der Waals surface area contributed by atoms with Gasteiger partial charge in [-0.1, -0.05) is 139 Å². The smallest absolute Gasteiger partial charge is 0.216 e. The number of fused-ring (bicyclic) bond motifs is 4. The van der Waals surface area contributed by atoms with Crippen molar-refractivity contribution < 1.29 is 24.5 Å². The summed E-state index contributed by atoms with van der Waals surface area (Å²) in [6, 6.07) is 69.6.